The summed E-state index contributed by atoms with van der Waals surface area (Å²) in [6, 6.07) is 16.3. The Kier molecular flexibility index (Phi) is 4.80. The van der Waals surface area contributed by atoms with Crippen LogP contribution >= 0.6 is 0 Å². The molecule has 2 heterocycles. The summed E-state index contributed by atoms with van der Waals surface area (Å²) in [6.07, 6.45) is 3.75. The molecule has 0 bridgehead atoms. The molecule has 0 radical (unpaired) electrons. The van der Waals surface area contributed by atoms with Gasteiger partial charge in [-0.15, -0.1) is 0 Å². The Morgan fingerprint density at radius 2 is 1.69 bits per heavy atom. The summed E-state index contributed by atoms with van der Waals surface area (Å²) in [5.41, 5.74) is 3.24. The Labute approximate surface area is 153 Å². The number of hydrogen-bond donors (Lipinski definition) is 1. The smallest absolute Gasteiger partial charge is 0.161 e. The molecule has 4 rings (SSSR count). The van der Waals surface area contributed by atoms with Crippen LogP contribution in [0.15, 0.2) is 60.9 Å². The van der Waals surface area contributed by atoms with Gasteiger partial charge in [-0.1, -0.05) is 36.4 Å². The van der Waals surface area contributed by atoms with E-state index in [9.17, 15) is 0 Å². The molecule has 0 amide bonds. The predicted molar refractivity (Wildman–Crippen MR) is 100 cm³/mol. The van der Waals surface area contributed by atoms with Gasteiger partial charge in [0.05, 0.1) is 0 Å². The van der Waals surface area contributed by atoms with Crippen LogP contribution in [0, 0.1) is 0 Å². The van der Waals surface area contributed by atoms with E-state index in [4.69, 9.17) is 9.47 Å². The van der Waals surface area contributed by atoms with Crippen molar-refractivity contribution in [2.75, 3.05) is 13.2 Å². The van der Waals surface area contributed by atoms with Crippen LogP contribution in [0.4, 0.5) is 0 Å². The van der Waals surface area contributed by atoms with Crippen molar-refractivity contribution in [3.63, 3.8) is 0 Å². The largest absolute Gasteiger partial charge is 0.486 e. The molecule has 0 aliphatic carbocycles. The highest BCUT2D eigenvalue weighted by Gasteiger charge is 2.14. The Hall–Kier alpha value is -2.92. The van der Waals surface area contributed by atoms with Gasteiger partial charge in [0.15, 0.2) is 17.3 Å². The Bertz CT molecular complexity index is 866. The van der Waals surface area contributed by atoms with Gasteiger partial charge in [-0.2, -0.15) is 0 Å². The van der Waals surface area contributed by atoms with Gasteiger partial charge in [-0.05, 0) is 24.6 Å². The van der Waals surface area contributed by atoms with E-state index < -0.39 is 0 Å². The van der Waals surface area contributed by atoms with Crippen molar-refractivity contribution >= 4 is 0 Å². The number of ether oxygens (including phenoxy) is 2. The molecule has 26 heavy (non-hydrogen) atoms. The molecule has 0 unspecified atom stereocenters. The Morgan fingerprint density at radius 3 is 2.46 bits per heavy atom. The van der Waals surface area contributed by atoms with E-state index in [1.54, 1.807) is 0 Å². The van der Waals surface area contributed by atoms with Crippen LogP contribution in [0.3, 0.4) is 0 Å². The second-order valence-electron chi connectivity index (χ2n) is 6.29. The fourth-order valence-electron chi connectivity index (χ4n) is 2.90. The average molecular weight is 347 g/mol. The normalized spacial score (nSPS) is 14.0. The van der Waals surface area contributed by atoms with Gasteiger partial charge in [-0.25, -0.2) is 9.97 Å². The molecule has 0 spiro atoms. The first-order chi connectivity index (χ1) is 12.8. The van der Waals surface area contributed by atoms with E-state index >= 15 is 0 Å². The predicted octanol–water partition coefficient (Wildman–Crippen LogP) is 3.77. The highest BCUT2D eigenvalue weighted by molar-refractivity contribution is 5.54. The van der Waals surface area contributed by atoms with Gasteiger partial charge in [0.25, 0.3) is 0 Å². The summed E-state index contributed by atoms with van der Waals surface area (Å²) in [7, 11) is 0. The lowest BCUT2D eigenvalue weighted by atomic mass is 10.1. The molecule has 1 aliphatic heterocycles. The van der Waals surface area contributed by atoms with Crippen molar-refractivity contribution in [3.05, 3.63) is 72.1 Å². The van der Waals surface area contributed by atoms with E-state index in [1.165, 1.54) is 0 Å². The zero-order valence-corrected chi connectivity index (χ0v) is 14.7. The van der Waals surface area contributed by atoms with Crippen molar-refractivity contribution in [2.45, 2.75) is 19.5 Å². The summed E-state index contributed by atoms with van der Waals surface area (Å²) < 4.78 is 11.2. The molecule has 132 valence electrons. The van der Waals surface area contributed by atoms with Crippen molar-refractivity contribution in [2.24, 2.45) is 0 Å². The minimum atomic E-state index is 0.180. The first-order valence-electron chi connectivity index (χ1n) is 8.79. The van der Waals surface area contributed by atoms with Crippen LogP contribution in [0.5, 0.6) is 11.5 Å². The third-order valence-corrected chi connectivity index (χ3v) is 4.42. The lowest BCUT2D eigenvalue weighted by Gasteiger charge is -2.21. The van der Waals surface area contributed by atoms with Crippen LogP contribution in [-0.2, 0) is 6.54 Å². The van der Waals surface area contributed by atoms with Crippen molar-refractivity contribution in [3.8, 4) is 22.9 Å². The number of fused-ring (bicyclic) bond motifs is 1. The molecule has 0 saturated heterocycles. The number of hydrogen-bond acceptors (Lipinski definition) is 5. The van der Waals surface area contributed by atoms with Gasteiger partial charge in [0, 0.05) is 36.1 Å². The lowest BCUT2D eigenvalue weighted by molar-refractivity contribution is 0.171. The third-order valence-electron chi connectivity index (χ3n) is 4.42. The monoisotopic (exact) mass is 347 g/mol. The second-order valence-corrected chi connectivity index (χ2v) is 6.29. The molecular formula is C21H21N3O2. The molecule has 0 saturated carbocycles. The SMILES string of the molecule is C[C@H](NCc1cnc(-c2ccccc2)nc1)c1ccc2c(c1)OCCO2. The summed E-state index contributed by atoms with van der Waals surface area (Å²) >= 11 is 0. The minimum absolute atomic E-state index is 0.180. The zero-order valence-electron chi connectivity index (χ0n) is 14.7. The van der Waals surface area contributed by atoms with Crippen molar-refractivity contribution in [1.29, 1.82) is 0 Å². The molecule has 1 aliphatic rings. The molecule has 1 atom stereocenters. The number of benzene rings is 2. The number of rotatable bonds is 5. The number of nitrogens with zero attached hydrogens (tertiary/aromatic N) is 2. The standard InChI is InChI=1S/C21H21N3O2/c1-15(18-7-8-19-20(11-18)26-10-9-25-19)22-12-16-13-23-21(24-14-16)17-5-3-2-4-6-17/h2-8,11,13-15,22H,9-10,12H2,1H3/t15-/m0/s1. The summed E-state index contributed by atoms with van der Waals surface area (Å²) in [5.74, 6) is 2.38. The first kappa shape index (κ1) is 16.5. The maximum absolute atomic E-state index is 5.66. The van der Waals surface area contributed by atoms with Gasteiger partial charge in [0.2, 0.25) is 0 Å². The molecule has 3 aromatic rings. The Balaban J connectivity index is 1.39. The van der Waals surface area contributed by atoms with Gasteiger partial charge < -0.3 is 14.8 Å². The van der Waals surface area contributed by atoms with Gasteiger partial charge in [-0.3, -0.25) is 0 Å². The third kappa shape index (κ3) is 3.68. The van der Waals surface area contributed by atoms with Gasteiger partial charge in [0.1, 0.15) is 13.2 Å². The molecule has 1 aromatic heterocycles. The lowest BCUT2D eigenvalue weighted by Crippen LogP contribution is -2.19. The van der Waals surface area contributed by atoms with Crippen LogP contribution < -0.4 is 14.8 Å². The molecule has 0 fully saturated rings. The Morgan fingerprint density at radius 1 is 0.962 bits per heavy atom. The summed E-state index contributed by atoms with van der Waals surface area (Å²) in [5, 5.41) is 3.50. The highest BCUT2D eigenvalue weighted by atomic mass is 16.6. The minimum Gasteiger partial charge on any atom is -0.486 e. The van der Waals surface area contributed by atoms with Gasteiger partial charge >= 0.3 is 0 Å². The van der Waals surface area contributed by atoms with E-state index in [-0.39, 0.29) is 6.04 Å². The quantitative estimate of drug-likeness (QED) is 0.761. The van der Waals surface area contributed by atoms with Crippen LogP contribution in [-0.4, -0.2) is 23.2 Å². The van der Waals surface area contributed by atoms with Crippen LogP contribution in [0.2, 0.25) is 0 Å². The zero-order chi connectivity index (χ0) is 17.8. The fraction of sp³-hybridized carbons (Fsp3) is 0.238. The topological polar surface area (TPSA) is 56.3 Å². The maximum Gasteiger partial charge on any atom is 0.161 e. The van der Waals surface area contributed by atoms with E-state index in [0.29, 0.717) is 19.8 Å². The molecule has 2 aromatic carbocycles. The number of aromatic nitrogens is 2. The van der Waals surface area contributed by atoms with E-state index in [1.807, 2.05) is 54.9 Å². The maximum atomic E-state index is 5.66. The molecular weight excluding hydrogens is 326 g/mol. The number of nitrogens with one attached hydrogen (secondary N) is 1. The molecule has 5 heteroatoms. The van der Waals surface area contributed by atoms with E-state index in [2.05, 4.69) is 28.3 Å². The molecule has 5 nitrogen and oxygen atoms in total. The van der Waals surface area contributed by atoms with E-state index in [0.717, 1.165) is 34.0 Å². The highest BCUT2D eigenvalue weighted by Crippen LogP contribution is 2.32. The van der Waals surface area contributed by atoms with Crippen LogP contribution in [0.25, 0.3) is 11.4 Å². The van der Waals surface area contributed by atoms with Crippen LogP contribution in [0.1, 0.15) is 24.1 Å². The fourth-order valence-corrected chi connectivity index (χ4v) is 2.90. The van der Waals surface area contributed by atoms with Crippen molar-refractivity contribution in [1.82, 2.24) is 15.3 Å². The second kappa shape index (κ2) is 7.54. The summed E-state index contributed by atoms with van der Waals surface area (Å²) in [6.45, 7) is 4.04. The first-order valence-corrected chi connectivity index (χ1v) is 8.79. The molecule has 1 N–H and O–H groups in total. The van der Waals surface area contributed by atoms with Crippen molar-refractivity contribution < 1.29 is 9.47 Å². The summed E-state index contributed by atoms with van der Waals surface area (Å²) in [4.78, 5) is 8.94. The average Bonchev–Trinajstić information content (AvgIpc) is 2.72.